The van der Waals surface area contributed by atoms with Crippen molar-refractivity contribution in [2.24, 2.45) is 0 Å². The maximum absolute atomic E-state index is 4.50. The molecular formula is C31H19N5. The van der Waals surface area contributed by atoms with Crippen molar-refractivity contribution >= 4 is 54.4 Å². The van der Waals surface area contributed by atoms with E-state index in [0.29, 0.717) is 5.95 Å². The van der Waals surface area contributed by atoms with Crippen molar-refractivity contribution in [1.29, 1.82) is 0 Å². The Balaban J connectivity index is 1.61. The molecule has 0 atom stereocenters. The van der Waals surface area contributed by atoms with E-state index >= 15 is 0 Å². The van der Waals surface area contributed by atoms with Crippen molar-refractivity contribution < 1.29 is 0 Å². The van der Waals surface area contributed by atoms with Crippen LogP contribution in [0.4, 0.5) is 0 Å². The number of fused-ring (bicyclic) bond motifs is 8. The van der Waals surface area contributed by atoms with E-state index in [0.717, 1.165) is 16.7 Å². The highest BCUT2D eigenvalue weighted by Gasteiger charge is 2.18. The number of hydrogen-bond acceptors (Lipinski definition) is 3. The molecule has 0 aliphatic carbocycles. The van der Waals surface area contributed by atoms with Gasteiger partial charge in [-0.2, -0.15) is 0 Å². The highest BCUT2D eigenvalue weighted by atomic mass is 15.2. The van der Waals surface area contributed by atoms with Gasteiger partial charge >= 0.3 is 0 Å². The van der Waals surface area contributed by atoms with Gasteiger partial charge in [0.05, 0.1) is 22.1 Å². The van der Waals surface area contributed by atoms with Crippen LogP contribution in [0.5, 0.6) is 0 Å². The predicted octanol–water partition coefficient (Wildman–Crippen LogP) is 7.22. The van der Waals surface area contributed by atoms with E-state index in [2.05, 4.69) is 127 Å². The van der Waals surface area contributed by atoms with Gasteiger partial charge in [0, 0.05) is 32.6 Å². The molecule has 0 N–H and O–H groups in total. The minimum absolute atomic E-state index is 0.617. The van der Waals surface area contributed by atoms with Gasteiger partial charge in [-0.25, -0.2) is 15.0 Å². The molecule has 0 spiro atoms. The Hall–Kier alpha value is -5.03. The van der Waals surface area contributed by atoms with Gasteiger partial charge in [0.15, 0.2) is 0 Å². The molecular weight excluding hydrogens is 442 g/mol. The summed E-state index contributed by atoms with van der Waals surface area (Å²) in [4.78, 5) is 13.0. The molecule has 0 radical (unpaired) electrons. The van der Waals surface area contributed by atoms with Crippen molar-refractivity contribution in [3.05, 3.63) is 116 Å². The first-order valence-corrected chi connectivity index (χ1v) is 12.0. The van der Waals surface area contributed by atoms with Crippen LogP contribution in [0.1, 0.15) is 0 Å². The second-order valence-electron chi connectivity index (χ2n) is 9.03. The Morgan fingerprint density at radius 3 is 1.92 bits per heavy atom. The summed E-state index contributed by atoms with van der Waals surface area (Å²) in [6.07, 6.45) is 3.10. The van der Waals surface area contributed by atoms with E-state index in [1.54, 1.807) is 12.7 Å². The molecule has 8 aromatic rings. The first-order chi connectivity index (χ1) is 17.9. The molecule has 8 rings (SSSR count). The molecule has 0 unspecified atom stereocenters. The highest BCUT2D eigenvalue weighted by Crippen LogP contribution is 2.40. The van der Waals surface area contributed by atoms with E-state index in [4.69, 9.17) is 0 Å². The Labute approximate surface area is 205 Å². The number of aromatic nitrogens is 5. The lowest BCUT2D eigenvalue weighted by molar-refractivity contribution is 0.940. The van der Waals surface area contributed by atoms with Crippen LogP contribution in [-0.2, 0) is 0 Å². The molecule has 5 heteroatoms. The third-order valence-corrected chi connectivity index (χ3v) is 7.14. The molecule has 3 heterocycles. The van der Waals surface area contributed by atoms with Crippen molar-refractivity contribution in [3.63, 3.8) is 0 Å². The predicted molar refractivity (Wildman–Crippen MR) is 146 cm³/mol. The Morgan fingerprint density at radius 2 is 1.14 bits per heavy atom. The van der Waals surface area contributed by atoms with Gasteiger partial charge < -0.3 is 4.57 Å². The maximum Gasteiger partial charge on any atom is 0.237 e. The SMILES string of the molecule is c1ccc(-n2c3ccccc3c3ccc4cc5c6ccccc6n(-c6ncncn6)c5cc4c32)cc1. The number of para-hydroxylation sites is 3. The van der Waals surface area contributed by atoms with Gasteiger partial charge in [-0.05, 0) is 41.8 Å². The Bertz CT molecular complexity index is 2080. The first kappa shape index (κ1) is 19.3. The van der Waals surface area contributed by atoms with Crippen molar-refractivity contribution in [1.82, 2.24) is 24.1 Å². The first-order valence-electron chi connectivity index (χ1n) is 12.0. The number of benzene rings is 5. The summed E-state index contributed by atoms with van der Waals surface area (Å²) in [6.45, 7) is 0. The van der Waals surface area contributed by atoms with Crippen LogP contribution in [0.25, 0.3) is 66.0 Å². The summed E-state index contributed by atoms with van der Waals surface area (Å²) in [5.74, 6) is 0.617. The van der Waals surface area contributed by atoms with Crippen LogP contribution < -0.4 is 0 Å². The lowest BCUT2D eigenvalue weighted by Gasteiger charge is -2.11. The third kappa shape index (κ3) is 2.57. The standard InChI is InChI=1S/C31H19N5/c1-2-8-21(9-3-1)35-27-12-6-4-10-22(27)24-15-14-20-16-26-23-11-5-7-13-28(23)36(31-33-18-32-19-34-31)29(26)17-25(20)30(24)35/h1-19H. The number of rotatable bonds is 2. The average molecular weight is 462 g/mol. The molecule has 0 saturated carbocycles. The van der Waals surface area contributed by atoms with Gasteiger partial charge in [0.2, 0.25) is 5.95 Å². The van der Waals surface area contributed by atoms with Crippen molar-refractivity contribution in [2.45, 2.75) is 0 Å². The van der Waals surface area contributed by atoms with Gasteiger partial charge in [-0.3, -0.25) is 4.57 Å². The lowest BCUT2D eigenvalue weighted by atomic mass is 10.0. The minimum Gasteiger partial charge on any atom is -0.309 e. The summed E-state index contributed by atoms with van der Waals surface area (Å²) in [5, 5.41) is 7.24. The van der Waals surface area contributed by atoms with E-state index in [-0.39, 0.29) is 0 Å². The summed E-state index contributed by atoms with van der Waals surface area (Å²) in [6, 6.07) is 36.8. The Kier molecular flexibility index (Phi) is 3.88. The fourth-order valence-corrected chi connectivity index (χ4v) is 5.66. The molecule has 0 fully saturated rings. The summed E-state index contributed by atoms with van der Waals surface area (Å²) >= 11 is 0. The summed E-state index contributed by atoms with van der Waals surface area (Å²) in [7, 11) is 0. The molecule has 0 bridgehead atoms. The van der Waals surface area contributed by atoms with E-state index in [9.17, 15) is 0 Å². The fourth-order valence-electron chi connectivity index (χ4n) is 5.66. The van der Waals surface area contributed by atoms with E-state index in [1.807, 2.05) is 0 Å². The van der Waals surface area contributed by atoms with Gasteiger partial charge in [-0.1, -0.05) is 66.7 Å². The lowest BCUT2D eigenvalue weighted by Crippen LogP contribution is -2.00. The van der Waals surface area contributed by atoms with Crippen LogP contribution in [-0.4, -0.2) is 24.1 Å². The van der Waals surface area contributed by atoms with Crippen LogP contribution in [0.3, 0.4) is 0 Å². The molecule has 0 aliphatic heterocycles. The topological polar surface area (TPSA) is 48.5 Å². The molecule has 0 saturated heterocycles. The molecule has 36 heavy (non-hydrogen) atoms. The average Bonchev–Trinajstić information content (AvgIpc) is 3.46. The zero-order valence-electron chi connectivity index (χ0n) is 19.2. The van der Waals surface area contributed by atoms with Crippen molar-refractivity contribution in [2.75, 3.05) is 0 Å². The Morgan fingerprint density at radius 1 is 0.472 bits per heavy atom. The molecule has 5 aromatic carbocycles. The second-order valence-corrected chi connectivity index (χ2v) is 9.03. The normalized spacial score (nSPS) is 11.9. The van der Waals surface area contributed by atoms with Crippen LogP contribution in [0, 0.1) is 0 Å². The highest BCUT2D eigenvalue weighted by molar-refractivity contribution is 6.22. The zero-order valence-corrected chi connectivity index (χ0v) is 19.2. The van der Waals surface area contributed by atoms with Crippen LogP contribution >= 0.6 is 0 Å². The van der Waals surface area contributed by atoms with Gasteiger partial charge in [-0.15, -0.1) is 0 Å². The smallest absolute Gasteiger partial charge is 0.237 e. The number of nitrogens with zero attached hydrogens (tertiary/aromatic N) is 5. The zero-order chi connectivity index (χ0) is 23.6. The molecule has 3 aromatic heterocycles. The summed E-state index contributed by atoms with van der Waals surface area (Å²) < 4.78 is 4.52. The largest absolute Gasteiger partial charge is 0.309 e. The summed E-state index contributed by atoms with van der Waals surface area (Å²) in [5.41, 5.74) is 5.70. The quantitative estimate of drug-likeness (QED) is 0.273. The molecule has 0 amide bonds. The minimum atomic E-state index is 0.617. The maximum atomic E-state index is 4.50. The van der Waals surface area contributed by atoms with Crippen LogP contribution in [0.15, 0.2) is 116 Å². The van der Waals surface area contributed by atoms with E-state index in [1.165, 1.54) is 43.4 Å². The van der Waals surface area contributed by atoms with Crippen molar-refractivity contribution in [3.8, 4) is 11.6 Å². The molecule has 5 nitrogen and oxygen atoms in total. The molecule has 0 aliphatic rings. The van der Waals surface area contributed by atoms with Crippen LogP contribution in [0.2, 0.25) is 0 Å². The van der Waals surface area contributed by atoms with Gasteiger partial charge in [0.25, 0.3) is 0 Å². The third-order valence-electron chi connectivity index (χ3n) is 7.14. The second kappa shape index (κ2) is 7.23. The number of hydrogen-bond donors (Lipinski definition) is 0. The van der Waals surface area contributed by atoms with Gasteiger partial charge in [0.1, 0.15) is 12.7 Å². The molecule has 168 valence electrons. The van der Waals surface area contributed by atoms with E-state index < -0.39 is 0 Å². The monoisotopic (exact) mass is 461 g/mol. The fraction of sp³-hybridized carbons (Fsp3) is 0.